The normalized spacial score (nSPS) is 10.7. The van der Waals surface area contributed by atoms with Crippen LogP contribution >= 0.6 is 15.9 Å². The Morgan fingerprint density at radius 2 is 1.47 bits per heavy atom. The number of nitrogens with one attached hydrogen (secondary N) is 3. The van der Waals surface area contributed by atoms with Crippen molar-refractivity contribution in [2.45, 2.75) is 20.8 Å². The van der Waals surface area contributed by atoms with E-state index in [1.165, 1.54) is 4.68 Å². The number of aromatic nitrogens is 1. The number of amides is 3. The molecule has 3 amide bonds. The molecule has 7 nitrogen and oxygen atoms in total. The lowest BCUT2D eigenvalue weighted by Gasteiger charge is -2.15. The molecule has 1 heterocycles. The molecule has 0 aliphatic rings. The van der Waals surface area contributed by atoms with E-state index < -0.39 is 17.7 Å². The summed E-state index contributed by atoms with van der Waals surface area (Å²) in [6.07, 6.45) is 0. The minimum Gasteiger partial charge on any atom is -0.321 e. The Labute approximate surface area is 205 Å². The lowest BCUT2D eigenvalue weighted by Crippen LogP contribution is -2.36. The van der Waals surface area contributed by atoms with E-state index in [1.54, 1.807) is 30.3 Å². The Bertz CT molecular complexity index is 1400. The SMILES string of the molecule is Cc1cc(C)c(NC(=O)C(=O)Nn2c(C(=O)Nc3ccccc3)cc3cc(Br)ccc32)c(C)c1. The first-order valence-corrected chi connectivity index (χ1v) is 11.4. The Kier molecular flexibility index (Phi) is 6.51. The zero-order valence-corrected chi connectivity index (χ0v) is 20.5. The molecule has 0 radical (unpaired) electrons. The van der Waals surface area contributed by atoms with Crippen molar-refractivity contribution in [3.05, 3.63) is 93.6 Å². The molecule has 0 saturated heterocycles. The molecule has 0 aliphatic heterocycles. The standard InChI is InChI=1S/C26H23BrN4O3/c1-15-11-16(2)23(17(3)12-15)29-25(33)26(34)30-31-21-10-9-19(27)13-18(21)14-22(31)24(32)28-20-7-5-4-6-8-20/h4-14H,1-3H3,(H,28,32)(H,29,33)(H,30,34). The molecule has 3 aromatic carbocycles. The third-order valence-corrected chi connectivity index (χ3v) is 5.86. The summed E-state index contributed by atoms with van der Waals surface area (Å²) in [6.45, 7) is 5.71. The highest BCUT2D eigenvalue weighted by atomic mass is 79.9. The molecule has 0 bridgehead atoms. The van der Waals surface area contributed by atoms with Crippen LogP contribution in [0.2, 0.25) is 0 Å². The number of fused-ring (bicyclic) bond motifs is 1. The van der Waals surface area contributed by atoms with Gasteiger partial charge in [-0.2, -0.15) is 0 Å². The first-order valence-electron chi connectivity index (χ1n) is 10.6. The zero-order valence-electron chi connectivity index (χ0n) is 18.9. The summed E-state index contributed by atoms with van der Waals surface area (Å²) in [5, 5.41) is 6.23. The van der Waals surface area contributed by atoms with Gasteiger partial charge in [-0.05, 0) is 68.3 Å². The summed E-state index contributed by atoms with van der Waals surface area (Å²) in [7, 11) is 0. The van der Waals surface area contributed by atoms with E-state index in [-0.39, 0.29) is 5.69 Å². The molecule has 4 aromatic rings. The van der Waals surface area contributed by atoms with Gasteiger partial charge in [-0.1, -0.05) is 51.8 Å². The van der Waals surface area contributed by atoms with Crippen molar-refractivity contribution in [2.75, 3.05) is 16.1 Å². The van der Waals surface area contributed by atoms with Gasteiger partial charge in [0.05, 0.1) is 5.52 Å². The maximum atomic E-state index is 13.1. The monoisotopic (exact) mass is 518 g/mol. The number of nitrogens with zero attached hydrogens (tertiary/aromatic N) is 1. The van der Waals surface area contributed by atoms with E-state index in [1.807, 2.05) is 57.2 Å². The highest BCUT2D eigenvalue weighted by molar-refractivity contribution is 9.10. The highest BCUT2D eigenvalue weighted by Crippen LogP contribution is 2.25. The van der Waals surface area contributed by atoms with Crippen LogP contribution in [-0.4, -0.2) is 22.4 Å². The average molecular weight is 519 g/mol. The van der Waals surface area contributed by atoms with E-state index in [0.29, 0.717) is 16.9 Å². The Hall–Kier alpha value is -3.91. The van der Waals surface area contributed by atoms with E-state index in [4.69, 9.17) is 0 Å². The Morgan fingerprint density at radius 3 is 2.15 bits per heavy atom. The molecule has 0 unspecified atom stereocenters. The minimum atomic E-state index is -0.895. The molecular weight excluding hydrogens is 496 g/mol. The number of carbonyl (C=O) groups is 3. The second-order valence-corrected chi connectivity index (χ2v) is 8.97. The number of para-hydroxylation sites is 1. The van der Waals surface area contributed by atoms with Gasteiger partial charge in [0.1, 0.15) is 5.69 Å². The van der Waals surface area contributed by atoms with Gasteiger partial charge in [0.15, 0.2) is 0 Å². The molecule has 0 spiro atoms. The maximum Gasteiger partial charge on any atom is 0.328 e. The molecule has 3 N–H and O–H groups in total. The lowest BCUT2D eigenvalue weighted by molar-refractivity contribution is -0.133. The number of benzene rings is 3. The largest absolute Gasteiger partial charge is 0.328 e. The third kappa shape index (κ3) is 4.87. The molecule has 0 saturated carbocycles. The van der Waals surface area contributed by atoms with Crippen molar-refractivity contribution < 1.29 is 14.4 Å². The van der Waals surface area contributed by atoms with Crippen molar-refractivity contribution >= 4 is 55.9 Å². The maximum absolute atomic E-state index is 13.1. The van der Waals surface area contributed by atoms with Crippen LogP contribution in [0.1, 0.15) is 27.2 Å². The van der Waals surface area contributed by atoms with Crippen molar-refractivity contribution in [2.24, 2.45) is 0 Å². The summed E-state index contributed by atoms with van der Waals surface area (Å²) in [4.78, 5) is 38.7. The van der Waals surface area contributed by atoms with Crippen LogP contribution in [0, 0.1) is 20.8 Å². The molecule has 172 valence electrons. The van der Waals surface area contributed by atoms with Crippen LogP contribution in [0.25, 0.3) is 10.9 Å². The molecule has 4 rings (SSSR count). The molecule has 1 aromatic heterocycles. The number of anilines is 2. The summed E-state index contributed by atoms with van der Waals surface area (Å²) >= 11 is 3.43. The van der Waals surface area contributed by atoms with Gasteiger partial charge < -0.3 is 10.6 Å². The van der Waals surface area contributed by atoms with E-state index in [9.17, 15) is 14.4 Å². The summed E-state index contributed by atoms with van der Waals surface area (Å²) in [6, 6.07) is 19.9. The number of hydrogen-bond acceptors (Lipinski definition) is 3. The van der Waals surface area contributed by atoms with Crippen molar-refractivity contribution in [1.29, 1.82) is 0 Å². The highest BCUT2D eigenvalue weighted by Gasteiger charge is 2.22. The predicted octanol–water partition coefficient (Wildman–Crippen LogP) is 5.29. The van der Waals surface area contributed by atoms with Crippen LogP contribution in [0.3, 0.4) is 0 Å². The summed E-state index contributed by atoms with van der Waals surface area (Å²) < 4.78 is 2.15. The van der Waals surface area contributed by atoms with Gasteiger partial charge in [-0.15, -0.1) is 0 Å². The van der Waals surface area contributed by atoms with Gasteiger partial charge in [-0.3, -0.25) is 19.8 Å². The zero-order chi connectivity index (χ0) is 24.4. The second kappa shape index (κ2) is 9.52. The van der Waals surface area contributed by atoms with Gasteiger partial charge in [-0.25, -0.2) is 4.68 Å². The Morgan fingerprint density at radius 1 is 0.794 bits per heavy atom. The third-order valence-electron chi connectivity index (χ3n) is 5.36. The summed E-state index contributed by atoms with van der Waals surface area (Å²) in [5.41, 5.74) is 7.32. The average Bonchev–Trinajstić information content (AvgIpc) is 3.14. The number of hydrogen-bond donors (Lipinski definition) is 3. The van der Waals surface area contributed by atoms with Gasteiger partial charge >= 0.3 is 11.8 Å². The van der Waals surface area contributed by atoms with E-state index >= 15 is 0 Å². The van der Waals surface area contributed by atoms with Gasteiger partial charge in [0.2, 0.25) is 0 Å². The Balaban J connectivity index is 1.64. The lowest BCUT2D eigenvalue weighted by atomic mass is 10.1. The molecule has 0 atom stereocenters. The molecule has 0 fully saturated rings. The summed E-state index contributed by atoms with van der Waals surface area (Å²) in [5.74, 6) is -2.15. The fourth-order valence-corrected chi connectivity index (χ4v) is 4.27. The molecule has 8 heteroatoms. The fourth-order valence-electron chi connectivity index (χ4n) is 3.89. The van der Waals surface area contributed by atoms with Crippen LogP contribution in [-0.2, 0) is 9.59 Å². The molecular formula is C26H23BrN4O3. The molecule has 34 heavy (non-hydrogen) atoms. The van der Waals surface area contributed by atoms with Crippen molar-refractivity contribution in [3.8, 4) is 0 Å². The smallest absolute Gasteiger partial charge is 0.321 e. The fraction of sp³-hybridized carbons (Fsp3) is 0.115. The van der Waals surface area contributed by atoms with Crippen LogP contribution < -0.4 is 16.1 Å². The topological polar surface area (TPSA) is 92.2 Å². The first kappa shape index (κ1) is 23.3. The van der Waals surface area contributed by atoms with Crippen molar-refractivity contribution in [1.82, 2.24) is 4.68 Å². The molecule has 0 aliphatic carbocycles. The number of rotatable bonds is 4. The number of halogens is 1. The van der Waals surface area contributed by atoms with Crippen LogP contribution in [0.4, 0.5) is 11.4 Å². The minimum absolute atomic E-state index is 0.181. The predicted molar refractivity (Wildman–Crippen MR) is 138 cm³/mol. The number of carbonyl (C=O) groups excluding carboxylic acids is 3. The van der Waals surface area contributed by atoms with E-state index in [0.717, 1.165) is 26.5 Å². The number of aryl methyl sites for hydroxylation is 3. The van der Waals surface area contributed by atoms with Crippen molar-refractivity contribution in [3.63, 3.8) is 0 Å². The second-order valence-electron chi connectivity index (χ2n) is 8.06. The van der Waals surface area contributed by atoms with Gasteiger partial charge in [0, 0.05) is 21.2 Å². The van der Waals surface area contributed by atoms with E-state index in [2.05, 4.69) is 32.0 Å². The first-order chi connectivity index (χ1) is 16.2. The van der Waals surface area contributed by atoms with Crippen LogP contribution in [0.5, 0.6) is 0 Å². The quantitative estimate of drug-likeness (QED) is 0.320. The van der Waals surface area contributed by atoms with Crippen LogP contribution in [0.15, 0.2) is 71.2 Å². The van der Waals surface area contributed by atoms with Gasteiger partial charge in [0.25, 0.3) is 5.91 Å².